The van der Waals surface area contributed by atoms with Crippen LogP contribution in [0.1, 0.15) is 90.1 Å². The van der Waals surface area contributed by atoms with Gasteiger partial charge in [0.2, 0.25) is 0 Å². The Kier molecular flexibility index (Phi) is 12.5. The molecule has 0 amide bonds. The first-order valence-electron chi connectivity index (χ1n) is 19.7. The van der Waals surface area contributed by atoms with Crippen LogP contribution in [0, 0.1) is 23.7 Å². The SMILES string of the molecule is CC[C@H](C)[C@H]1O[C@]2(C=C[C@@H]1C)C[C@@H]1C[C@@H](C/C=C(\C)[C@@H](OC(C)=O)[C@@H](C)/C=C/C=C3\CO[C@@H]4[C@H](OC(=O)c5ccc(C(F)(F)F)cc5)C(C)=C[C@@H](C(=O)O1)[C@]34O)O2. The number of fused-ring (bicyclic) bond motifs is 2. The fourth-order valence-corrected chi connectivity index (χ4v) is 8.64. The van der Waals surface area contributed by atoms with E-state index < -0.39 is 77.5 Å². The molecule has 2 fully saturated rings. The number of carbonyl (C=O) groups is 3. The van der Waals surface area contributed by atoms with E-state index in [1.54, 1.807) is 19.1 Å². The van der Waals surface area contributed by atoms with Crippen molar-refractivity contribution in [3.63, 3.8) is 0 Å². The largest absolute Gasteiger partial charge is 0.462 e. The van der Waals surface area contributed by atoms with Gasteiger partial charge in [0.05, 0.1) is 29.9 Å². The number of benzene rings is 1. The second-order valence-electron chi connectivity index (χ2n) is 16.2. The molecule has 0 aromatic heterocycles. The highest BCUT2D eigenvalue weighted by molar-refractivity contribution is 5.90. The van der Waals surface area contributed by atoms with Crippen LogP contribution in [-0.4, -0.2) is 77.6 Å². The van der Waals surface area contributed by atoms with Crippen molar-refractivity contribution in [3.8, 4) is 0 Å². The zero-order valence-corrected chi connectivity index (χ0v) is 33.4. The molecule has 4 heterocycles. The molecule has 12 atom stereocenters. The monoisotopic (exact) mass is 798 g/mol. The summed E-state index contributed by atoms with van der Waals surface area (Å²) >= 11 is 0. The Bertz CT molecular complexity index is 1850. The minimum Gasteiger partial charge on any atom is -0.462 e. The Morgan fingerprint density at radius 3 is 2.39 bits per heavy atom. The Labute approximate surface area is 331 Å². The number of hydrogen-bond donors (Lipinski definition) is 1. The lowest BCUT2D eigenvalue weighted by atomic mass is 9.70. The van der Waals surface area contributed by atoms with Crippen LogP contribution >= 0.6 is 0 Å². The van der Waals surface area contributed by atoms with Gasteiger partial charge in [-0.3, -0.25) is 9.59 Å². The Hall–Kier alpha value is -4.04. The summed E-state index contributed by atoms with van der Waals surface area (Å²) in [6.45, 7) is 13.0. The number of allylic oxidation sites excluding steroid dienone is 2. The Morgan fingerprint density at radius 1 is 1.00 bits per heavy atom. The van der Waals surface area contributed by atoms with Gasteiger partial charge in [-0.15, -0.1) is 0 Å². The van der Waals surface area contributed by atoms with Crippen molar-refractivity contribution in [2.24, 2.45) is 23.7 Å². The highest BCUT2D eigenvalue weighted by Crippen LogP contribution is 2.48. The first kappa shape index (κ1) is 42.6. The van der Waals surface area contributed by atoms with Crippen molar-refractivity contribution in [2.45, 2.75) is 128 Å². The van der Waals surface area contributed by atoms with Gasteiger partial charge in [0, 0.05) is 31.6 Å². The number of aliphatic hydroxyl groups is 1. The number of hydrogen-bond acceptors (Lipinski definition) is 10. The quantitative estimate of drug-likeness (QED) is 0.180. The molecule has 1 aromatic carbocycles. The predicted molar refractivity (Wildman–Crippen MR) is 202 cm³/mol. The van der Waals surface area contributed by atoms with Crippen molar-refractivity contribution < 1.29 is 61.1 Å². The van der Waals surface area contributed by atoms with Gasteiger partial charge in [0.15, 0.2) is 11.9 Å². The number of esters is 3. The standard InChI is InChI=1S/C44H53F3O10/c1-8-24(2)37-27(5)18-19-42(57-37)22-34-21-33(56-42)17-12-26(4)36(53-29(7)48)25(3)10-9-11-32-23-52-39-38(28(6)20-35(41(50)54-34)43(32,39)51)55-40(49)30-13-15-31(16-14-30)44(45,46)47/h9-16,18-20,24-25,27,33-39,51H,8,17,21-23H2,1-7H3/b10-9+,26-12+,32-11+/t24-,25-,27-,33+,34-,35-,36-,37+,38+,39+,42+,43+/m0/s1. The van der Waals surface area contributed by atoms with Crippen LogP contribution in [0.2, 0.25) is 0 Å². The third-order valence-corrected chi connectivity index (χ3v) is 12.0. The second kappa shape index (κ2) is 16.7. The van der Waals surface area contributed by atoms with E-state index >= 15 is 0 Å². The fourth-order valence-electron chi connectivity index (χ4n) is 8.64. The lowest BCUT2D eigenvalue weighted by molar-refractivity contribution is -0.300. The van der Waals surface area contributed by atoms with E-state index in [0.29, 0.717) is 24.0 Å². The van der Waals surface area contributed by atoms with Crippen LogP contribution < -0.4 is 0 Å². The molecule has 1 aromatic rings. The number of carbonyl (C=O) groups excluding carboxylic acids is 3. The van der Waals surface area contributed by atoms with Gasteiger partial charge >= 0.3 is 24.1 Å². The van der Waals surface area contributed by atoms with Crippen LogP contribution in [0.5, 0.6) is 0 Å². The molecule has 6 rings (SSSR count). The van der Waals surface area contributed by atoms with Gasteiger partial charge in [0.1, 0.15) is 29.8 Å². The number of rotatable bonds is 5. The summed E-state index contributed by atoms with van der Waals surface area (Å²) in [5, 5.41) is 12.7. The topological polar surface area (TPSA) is 127 Å². The van der Waals surface area contributed by atoms with Crippen LogP contribution in [0.4, 0.5) is 13.2 Å². The smallest absolute Gasteiger partial charge is 0.416 e. The van der Waals surface area contributed by atoms with E-state index in [2.05, 4.69) is 26.8 Å². The number of alkyl halides is 3. The molecule has 1 aliphatic carbocycles. The number of halogens is 3. The summed E-state index contributed by atoms with van der Waals surface area (Å²) in [5.41, 5.74) is -1.61. The molecule has 1 N–H and O–H groups in total. The lowest BCUT2D eigenvalue weighted by Crippen LogP contribution is -2.59. The molecule has 4 aliphatic heterocycles. The fraction of sp³-hybridized carbons (Fsp3) is 0.568. The Balaban J connectivity index is 1.39. The van der Waals surface area contributed by atoms with E-state index in [-0.39, 0.29) is 42.4 Å². The molecule has 1 spiro atoms. The van der Waals surface area contributed by atoms with E-state index in [4.69, 9.17) is 28.4 Å². The van der Waals surface area contributed by atoms with E-state index in [0.717, 1.165) is 36.3 Å². The normalized spacial score (nSPS) is 38.7. The summed E-state index contributed by atoms with van der Waals surface area (Å²) in [5.74, 6) is -4.56. The number of ether oxygens (including phenoxy) is 6. The maximum Gasteiger partial charge on any atom is 0.416 e. The molecule has 310 valence electrons. The zero-order valence-electron chi connectivity index (χ0n) is 33.4. The molecule has 10 nitrogen and oxygen atoms in total. The summed E-state index contributed by atoms with van der Waals surface area (Å²) in [4.78, 5) is 40.1. The highest BCUT2D eigenvalue weighted by atomic mass is 19.4. The van der Waals surface area contributed by atoms with Gasteiger partial charge in [-0.2, -0.15) is 13.2 Å². The van der Waals surface area contributed by atoms with Gasteiger partial charge in [-0.05, 0) is 73.2 Å². The third kappa shape index (κ3) is 8.86. The molecule has 13 heteroatoms. The summed E-state index contributed by atoms with van der Waals surface area (Å²) in [7, 11) is 0. The predicted octanol–water partition coefficient (Wildman–Crippen LogP) is 7.76. The summed E-state index contributed by atoms with van der Waals surface area (Å²) in [6.07, 6.45) is 5.45. The van der Waals surface area contributed by atoms with Gasteiger partial charge in [0.25, 0.3) is 0 Å². The maximum absolute atomic E-state index is 14.5. The lowest BCUT2D eigenvalue weighted by Gasteiger charge is -2.48. The molecular formula is C44H53F3O10. The first-order chi connectivity index (χ1) is 26.8. The summed E-state index contributed by atoms with van der Waals surface area (Å²) < 4.78 is 77.2. The first-order valence-corrected chi connectivity index (χ1v) is 19.7. The summed E-state index contributed by atoms with van der Waals surface area (Å²) in [6, 6.07) is 3.61. The third-order valence-electron chi connectivity index (χ3n) is 12.0. The van der Waals surface area contributed by atoms with Crippen molar-refractivity contribution in [2.75, 3.05) is 6.61 Å². The van der Waals surface area contributed by atoms with E-state index in [1.807, 2.05) is 32.1 Å². The minimum absolute atomic E-state index is 0.123. The Morgan fingerprint density at radius 2 is 1.72 bits per heavy atom. The molecule has 57 heavy (non-hydrogen) atoms. The van der Waals surface area contributed by atoms with Gasteiger partial charge in [-0.25, -0.2) is 4.79 Å². The average Bonchev–Trinajstić information content (AvgIpc) is 3.49. The van der Waals surface area contributed by atoms with Gasteiger partial charge in [-0.1, -0.05) is 70.6 Å². The molecule has 0 saturated carbocycles. The van der Waals surface area contributed by atoms with Crippen molar-refractivity contribution in [3.05, 3.63) is 94.6 Å². The van der Waals surface area contributed by atoms with Crippen LogP contribution in [0.15, 0.2) is 83.5 Å². The van der Waals surface area contributed by atoms with Crippen LogP contribution in [0.3, 0.4) is 0 Å². The molecule has 2 bridgehead atoms. The molecule has 5 aliphatic rings. The van der Waals surface area contributed by atoms with E-state index in [9.17, 15) is 32.7 Å². The van der Waals surface area contributed by atoms with E-state index in [1.165, 1.54) is 13.0 Å². The molecule has 0 unspecified atom stereocenters. The average molecular weight is 799 g/mol. The minimum atomic E-state index is -4.59. The zero-order chi connectivity index (χ0) is 41.4. The van der Waals surface area contributed by atoms with Gasteiger partial charge < -0.3 is 33.5 Å². The molecular weight excluding hydrogens is 745 g/mol. The van der Waals surface area contributed by atoms with Crippen LogP contribution in [0.25, 0.3) is 0 Å². The van der Waals surface area contributed by atoms with Crippen molar-refractivity contribution in [1.82, 2.24) is 0 Å². The highest BCUT2D eigenvalue weighted by Gasteiger charge is 2.61. The maximum atomic E-state index is 14.5. The van der Waals surface area contributed by atoms with Crippen molar-refractivity contribution >= 4 is 17.9 Å². The second-order valence-corrected chi connectivity index (χ2v) is 16.2. The molecule has 0 radical (unpaired) electrons. The van der Waals surface area contributed by atoms with Crippen molar-refractivity contribution in [1.29, 1.82) is 0 Å². The molecule has 2 saturated heterocycles. The van der Waals surface area contributed by atoms with Crippen LogP contribution in [-0.2, 0) is 44.2 Å².